The van der Waals surface area contributed by atoms with Crippen LogP contribution in [0.3, 0.4) is 0 Å². The summed E-state index contributed by atoms with van der Waals surface area (Å²) < 4.78 is 48.1. The molecule has 0 aliphatic carbocycles. The minimum absolute atomic E-state index is 0.293. The maximum absolute atomic E-state index is 12.5. The topological polar surface area (TPSA) is 60.7 Å². The van der Waals surface area contributed by atoms with Crippen molar-refractivity contribution in [3.8, 4) is 22.8 Å². The number of aromatic nitrogens is 3. The van der Waals surface area contributed by atoms with Crippen LogP contribution in [0.1, 0.15) is 5.56 Å². The standard InChI is InChI=1S/C19H15F3N4O2S/c1-27-14-7-5-12(6-8-14)10-23-17-25-26-16(11-24-18(26)29-17)13-3-2-4-15(9-13)28-19(20,21)22/h2-9,11H,10H2,1H3,(H,23,25). The van der Waals surface area contributed by atoms with Crippen molar-refractivity contribution in [2.24, 2.45) is 0 Å². The molecule has 29 heavy (non-hydrogen) atoms. The fourth-order valence-corrected chi connectivity index (χ4v) is 3.51. The molecule has 0 saturated heterocycles. The molecule has 0 aliphatic rings. The first-order chi connectivity index (χ1) is 13.9. The molecule has 0 amide bonds. The quantitative estimate of drug-likeness (QED) is 0.477. The number of hydrogen-bond acceptors (Lipinski definition) is 6. The number of nitrogens with zero attached hydrogens (tertiary/aromatic N) is 3. The molecule has 0 unspecified atom stereocenters. The third-order valence-electron chi connectivity index (χ3n) is 4.05. The summed E-state index contributed by atoms with van der Waals surface area (Å²) >= 11 is 1.35. The van der Waals surface area contributed by atoms with Crippen molar-refractivity contribution >= 4 is 21.4 Å². The van der Waals surface area contributed by atoms with Crippen LogP contribution in [-0.2, 0) is 6.54 Å². The van der Waals surface area contributed by atoms with Crippen LogP contribution in [0, 0.1) is 0 Å². The van der Waals surface area contributed by atoms with Gasteiger partial charge in [-0.3, -0.25) is 0 Å². The highest BCUT2D eigenvalue weighted by Gasteiger charge is 2.31. The average Bonchev–Trinajstić information content (AvgIpc) is 3.26. The molecule has 0 spiro atoms. The average molecular weight is 420 g/mol. The van der Waals surface area contributed by atoms with Crippen LogP contribution >= 0.6 is 11.3 Å². The molecule has 150 valence electrons. The molecule has 0 bridgehead atoms. The monoisotopic (exact) mass is 420 g/mol. The zero-order valence-electron chi connectivity index (χ0n) is 15.1. The molecule has 0 aliphatic heterocycles. The minimum Gasteiger partial charge on any atom is -0.497 e. The summed E-state index contributed by atoms with van der Waals surface area (Å²) in [6, 6.07) is 13.4. The summed E-state index contributed by atoms with van der Waals surface area (Å²) in [6.45, 7) is 0.560. The lowest BCUT2D eigenvalue weighted by atomic mass is 10.1. The Balaban J connectivity index is 1.53. The number of methoxy groups -OCH3 is 1. The first kappa shape index (κ1) is 19.1. The molecule has 0 radical (unpaired) electrons. The lowest BCUT2D eigenvalue weighted by Crippen LogP contribution is -2.17. The Morgan fingerprint density at radius 2 is 1.90 bits per heavy atom. The van der Waals surface area contributed by atoms with Crippen LogP contribution in [-0.4, -0.2) is 28.1 Å². The van der Waals surface area contributed by atoms with E-state index >= 15 is 0 Å². The van der Waals surface area contributed by atoms with Crippen LogP contribution in [0.25, 0.3) is 16.2 Å². The Morgan fingerprint density at radius 3 is 2.62 bits per heavy atom. The summed E-state index contributed by atoms with van der Waals surface area (Å²) in [7, 11) is 1.61. The van der Waals surface area contributed by atoms with Gasteiger partial charge in [-0.25, -0.2) is 9.50 Å². The van der Waals surface area contributed by atoms with Crippen molar-refractivity contribution in [3.05, 3.63) is 60.3 Å². The van der Waals surface area contributed by atoms with E-state index in [1.807, 2.05) is 24.3 Å². The molecule has 0 saturated carbocycles. The molecule has 0 atom stereocenters. The Kier molecular flexibility index (Phi) is 5.01. The molecule has 6 nitrogen and oxygen atoms in total. The third kappa shape index (κ3) is 4.43. The zero-order valence-corrected chi connectivity index (χ0v) is 15.9. The van der Waals surface area contributed by atoms with E-state index in [0.29, 0.717) is 27.9 Å². The summed E-state index contributed by atoms with van der Waals surface area (Å²) in [5, 5.41) is 8.35. The van der Waals surface area contributed by atoms with Gasteiger partial charge in [0.1, 0.15) is 11.5 Å². The van der Waals surface area contributed by atoms with Crippen LogP contribution in [0.15, 0.2) is 54.7 Å². The number of nitrogens with one attached hydrogen (secondary N) is 1. The van der Waals surface area contributed by atoms with Crippen molar-refractivity contribution < 1.29 is 22.6 Å². The molecular weight excluding hydrogens is 405 g/mol. The van der Waals surface area contributed by atoms with Gasteiger partial charge in [0.15, 0.2) is 0 Å². The van der Waals surface area contributed by atoms with E-state index in [2.05, 4.69) is 20.1 Å². The molecule has 4 rings (SSSR count). The van der Waals surface area contributed by atoms with Crippen LogP contribution in [0.2, 0.25) is 0 Å². The number of fused-ring (bicyclic) bond motifs is 1. The summed E-state index contributed by atoms with van der Waals surface area (Å²) in [5.41, 5.74) is 2.14. The Labute approximate surface area is 167 Å². The highest BCUT2D eigenvalue weighted by molar-refractivity contribution is 7.20. The number of hydrogen-bond donors (Lipinski definition) is 1. The van der Waals surface area contributed by atoms with Gasteiger partial charge in [0, 0.05) is 12.1 Å². The van der Waals surface area contributed by atoms with Crippen LogP contribution in [0.4, 0.5) is 18.3 Å². The summed E-state index contributed by atoms with van der Waals surface area (Å²) in [5.74, 6) is 0.487. The molecular formula is C19H15F3N4O2S. The molecule has 10 heteroatoms. The summed E-state index contributed by atoms with van der Waals surface area (Å²) in [6.07, 6.45) is -3.18. The lowest BCUT2D eigenvalue weighted by Gasteiger charge is -2.09. The van der Waals surface area contributed by atoms with Gasteiger partial charge in [-0.05, 0) is 29.8 Å². The van der Waals surface area contributed by atoms with Gasteiger partial charge in [0.2, 0.25) is 10.1 Å². The summed E-state index contributed by atoms with van der Waals surface area (Å²) in [4.78, 5) is 4.92. The predicted octanol–water partition coefficient (Wildman–Crippen LogP) is 4.98. The van der Waals surface area contributed by atoms with E-state index in [9.17, 15) is 13.2 Å². The smallest absolute Gasteiger partial charge is 0.497 e. The van der Waals surface area contributed by atoms with E-state index in [0.717, 1.165) is 11.3 Å². The molecule has 2 aromatic carbocycles. The van der Waals surface area contributed by atoms with Gasteiger partial charge < -0.3 is 14.8 Å². The minimum atomic E-state index is -4.75. The van der Waals surface area contributed by atoms with Gasteiger partial charge >= 0.3 is 6.36 Å². The third-order valence-corrected chi connectivity index (χ3v) is 4.93. The number of ether oxygens (including phenoxy) is 2. The Morgan fingerprint density at radius 1 is 1.10 bits per heavy atom. The Bertz CT molecular complexity index is 1120. The van der Waals surface area contributed by atoms with E-state index < -0.39 is 6.36 Å². The van der Waals surface area contributed by atoms with Crippen LogP contribution < -0.4 is 14.8 Å². The molecule has 1 N–H and O–H groups in total. The van der Waals surface area contributed by atoms with Gasteiger partial charge in [0.25, 0.3) is 0 Å². The maximum Gasteiger partial charge on any atom is 0.573 e. The highest BCUT2D eigenvalue weighted by Crippen LogP contribution is 2.30. The molecule has 0 fully saturated rings. The first-order valence-electron chi connectivity index (χ1n) is 8.49. The lowest BCUT2D eigenvalue weighted by molar-refractivity contribution is -0.274. The van der Waals surface area contributed by atoms with Crippen LogP contribution in [0.5, 0.6) is 11.5 Å². The predicted molar refractivity (Wildman–Crippen MR) is 103 cm³/mol. The number of rotatable bonds is 6. The fourth-order valence-electron chi connectivity index (χ4n) is 2.73. The molecule has 4 aromatic rings. The van der Waals surface area contributed by atoms with Gasteiger partial charge in [-0.1, -0.05) is 35.6 Å². The van der Waals surface area contributed by atoms with Crippen molar-refractivity contribution in [3.63, 3.8) is 0 Å². The van der Waals surface area contributed by atoms with Gasteiger partial charge in [-0.2, -0.15) is 0 Å². The zero-order chi connectivity index (χ0) is 20.4. The van der Waals surface area contributed by atoms with Crippen molar-refractivity contribution in [1.29, 1.82) is 0 Å². The van der Waals surface area contributed by atoms with Crippen molar-refractivity contribution in [2.75, 3.05) is 12.4 Å². The van der Waals surface area contributed by atoms with Crippen molar-refractivity contribution in [2.45, 2.75) is 12.9 Å². The van der Waals surface area contributed by atoms with E-state index in [-0.39, 0.29) is 5.75 Å². The molecule has 2 heterocycles. The first-order valence-corrected chi connectivity index (χ1v) is 9.30. The molecule has 2 aromatic heterocycles. The number of imidazole rings is 1. The second kappa shape index (κ2) is 7.63. The van der Waals surface area contributed by atoms with E-state index in [1.54, 1.807) is 23.9 Å². The largest absolute Gasteiger partial charge is 0.573 e. The Hall–Kier alpha value is -3.27. The van der Waals surface area contributed by atoms with Gasteiger partial charge in [0.05, 0.1) is 19.0 Å². The number of benzene rings is 2. The van der Waals surface area contributed by atoms with Crippen molar-refractivity contribution in [1.82, 2.24) is 14.6 Å². The SMILES string of the molecule is COc1ccc(CNc2nn3c(-c4cccc(OC(F)(F)F)c4)cnc3s2)cc1. The maximum atomic E-state index is 12.5. The number of anilines is 1. The van der Waals surface area contributed by atoms with E-state index in [4.69, 9.17) is 4.74 Å². The fraction of sp³-hybridized carbons (Fsp3) is 0.158. The number of alkyl halides is 3. The highest BCUT2D eigenvalue weighted by atomic mass is 32.1. The second-order valence-corrected chi connectivity index (χ2v) is 6.98. The van der Waals surface area contributed by atoms with Gasteiger partial charge in [-0.15, -0.1) is 18.3 Å². The van der Waals surface area contributed by atoms with E-state index in [1.165, 1.54) is 29.5 Å². The number of halogens is 3. The second-order valence-electron chi connectivity index (χ2n) is 6.02. The normalized spacial score (nSPS) is 11.6.